The molecular formula is C14H18N4O. The number of ether oxygens (including phenoxy) is 1. The molecule has 0 atom stereocenters. The van der Waals surface area contributed by atoms with Gasteiger partial charge in [-0.1, -0.05) is 0 Å². The third-order valence-electron chi connectivity index (χ3n) is 3.79. The van der Waals surface area contributed by atoms with Gasteiger partial charge in [-0.25, -0.2) is 0 Å². The highest BCUT2D eigenvalue weighted by molar-refractivity contribution is 5.42. The SMILES string of the molecule is COc1cncc(C2CCN(c3cn[nH]c3)CC2)c1. The number of H-pyrrole nitrogens is 1. The normalized spacial score (nSPS) is 16.6. The molecule has 0 aliphatic carbocycles. The summed E-state index contributed by atoms with van der Waals surface area (Å²) in [4.78, 5) is 6.61. The number of aromatic amines is 1. The van der Waals surface area contributed by atoms with Gasteiger partial charge in [-0.3, -0.25) is 10.1 Å². The van der Waals surface area contributed by atoms with Gasteiger partial charge in [0.05, 0.1) is 25.2 Å². The molecular weight excluding hydrogens is 240 g/mol. The fraction of sp³-hybridized carbons (Fsp3) is 0.429. The van der Waals surface area contributed by atoms with Crippen LogP contribution in [0.2, 0.25) is 0 Å². The van der Waals surface area contributed by atoms with Crippen LogP contribution in [0.4, 0.5) is 5.69 Å². The Hall–Kier alpha value is -2.04. The Balaban J connectivity index is 1.66. The highest BCUT2D eigenvalue weighted by atomic mass is 16.5. The molecule has 1 aliphatic heterocycles. The van der Waals surface area contributed by atoms with Gasteiger partial charge in [0.15, 0.2) is 0 Å². The van der Waals surface area contributed by atoms with Gasteiger partial charge < -0.3 is 9.64 Å². The number of piperidine rings is 1. The van der Waals surface area contributed by atoms with E-state index in [-0.39, 0.29) is 0 Å². The van der Waals surface area contributed by atoms with Crippen molar-refractivity contribution >= 4 is 5.69 Å². The van der Waals surface area contributed by atoms with E-state index >= 15 is 0 Å². The van der Waals surface area contributed by atoms with Crippen LogP contribution in [-0.4, -0.2) is 35.4 Å². The van der Waals surface area contributed by atoms with Crippen molar-refractivity contribution in [2.24, 2.45) is 0 Å². The predicted molar refractivity (Wildman–Crippen MR) is 73.6 cm³/mol. The lowest BCUT2D eigenvalue weighted by molar-refractivity contribution is 0.410. The Morgan fingerprint density at radius 3 is 2.79 bits per heavy atom. The van der Waals surface area contributed by atoms with Crippen LogP contribution in [0.3, 0.4) is 0 Å². The summed E-state index contributed by atoms with van der Waals surface area (Å²) in [6.07, 6.45) is 9.83. The van der Waals surface area contributed by atoms with Crippen molar-refractivity contribution in [3.05, 3.63) is 36.4 Å². The van der Waals surface area contributed by atoms with Gasteiger partial charge in [0, 0.05) is 25.5 Å². The molecule has 1 N–H and O–H groups in total. The minimum Gasteiger partial charge on any atom is -0.495 e. The van der Waals surface area contributed by atoms with Gasteiger partial charge in [-0.15, -0.1) is 0 Å². The minimum absolute atomic E-state index is 0.575. The zero-order valence-electron chi connectivity index (χ0n) is 11.0. The molecule has 1 saturated heterocycles. The summed E-state index contributed by atoms with van der Waals surface area (Å²) in [5.41, 5.74) is 2.47. The maximum atomic E-state index is 5.24. The Kier molecular flexibility index (Phi) is 3.35. The number of hydrogen-bond acceptors (Lipinski definition) is 4. The minimum atomic E-state index is 0.575. The zero-order chi connectivity index (χ0) is 13.1. The second kappa shape index (κ2) is 5.30. The van der Waals surface area contributed by atoms with E-state index in [0.29, 0.717) is 5.92 Å². The molecule has 0 amide bonds. The fourth-order valence-electron chi connectivity index (χ4n) is 2.66. The quantitative estimate of drug-likeness (QED) is 0.917. The van der Waals surface area contributed by atoms with Crippen LogP contribution in [0.1, 0.15) is 24.3 Å². The van der Waals surface area contributed by atoms with Crippen molar-refractivity contribution in [1.82, 2.24) is 15.2 Å². The van der Waals surface area contributed by atoms with Crippen LogP contribution in [0.5, 0.6) is 5.75 Å². The van der Waals surface area contributed by atoms with E-state index in [9.17, 15) is 0 Å². The highest BCUT2D eigenvalue weighted by Crippen LogP contribution is 2.31. The Morgan fingerprint density at radius 2 is 2.11 bits per heavy atom. The van der Waals surface area contributed by atoms with Crippen molar-refractivity contribution < 1.29 is 4.74 Å². The summed E-state index contributed by atoms with van der Waals surface area (Å²) in [5, 5.41) is 6.87. The molecule has 2 aromatic heterocycles. The van der Waals surface area contributed by atoms with Crippen LogP contribution < -0.4 is 9.64 Å². The summed E-state index contributed by atoms with van der Waals surface area (Å²) < 4.78 is 5.24. The molecule has 1 fully saturated rings. The van der Waals surface area contributed by atoms with Gasteiger partial charge in [0.1, 0.15) is 5.75 Å². The smallest absolute Gasteiger partial charge is 0.137 e. The van der Waals surface area contributed by atoms with Gasteiger partial charge >= 0.3 is 0 Å². The van der Waals surface area contributed by atoms with E-state index in [1.54, 1.807) is 13.3 Å². The first kappa shape index (κ1) is 12.0. The Bertz CT molecular complexity index is 518. The summed E-state index contributed by atoms with van der Waals surface area (Å²) in [5.74, 6) is 1.42. The first-order chi connectivity index (χ1) is 9.36. The van der Waals surface area contributed by atoms with Crippen molar-refractivity contribution in [1.29, 1.82) is 0 Å². The van der Waals surface area contributed by atoms with Crippen molar-refractivity contribution in [3.63, 3.8) is 0 Å². The first-order valence-corrected chi connectivity index (χ1v) is 6.59. The lowest BCUT2D eigenvalue weighted by Gasteiger charge is -2.32. The molecule has 2 aromatic rings. The summed E-state index contributed by atoms with van der Waals surface area (Å²) >= 11 is 0. The topological polar surface area (TPSA) is 54.0 Å². The second-order valence-corrected chi connectivity index (χ2v) is 4.88. The molecule has 0 spiro atoms. The van der Waals surface area contributed by atoms with Crippen LogP contribution in [0.25, 0.3) is 0 Å². The van der Waals surface area contributed by atoms with Gasteiger partial charge in [0.25, 0.3) is 0 Å². The Labute approximate surface area is 112 Å². The average Bonchev–Trinajstić information content (AvgIpc) is 3.02. The van der Waals surface area contributed by atoms with Gasteiger partial charge in [0.2, 0.25) is 0 Å². The molecule has 100 valence electrons. The van der Waals surface area contributed by atoms with Crippen molar-refractivity contribution in [2.75, 3.05) is 25.1 Å². The molecule has 0 radical (unpaired) electrons. The molecule has 5 nitrogen and oxygen atoms in total. The standard InChI is InChI=1S/C14H18N4O/c1-19-14-6-12(7-15-10-14)11-2-4-18(5-3-11)13-8-16-17-9-13/h6-11H,2-5H2,1H3,(H,16,17). The second-order valence-electron chi connectivity index (χ2n) is 4.88. The third-order valence-corrected chi connectivity index (χ3v) is 3.79. The van der Waals surface area contributed by atoms with Crippen LogP contribution in [0.15, 0.2) is 30.9 Å². The van der Waals surface area contributed by atoms with E-state index in [1.165, 1.54) is 11.3 Å². The number of methoxy groups -OCH3 is 1. The maximum absolute atomic E-state index is 5.24. The number of rotatable bonds is 3. The number of nitrogens with one attached hydrogen (secondary N) is 1. The van der Waals surface area contributed by atoms with E-state index in [1.807, 2.05) is 18.6 Å². The summed E-state index contributed by atoms with van der Waals surface area (Å²) in [6, 6.07) is 2.10. The summed E-state index contributed by atoms with van der Waals surface area (Å²) in [7, 11) is 1.68. The Morgan fingerprint density at radius 1 is 1.26 bits per heavy atom. The largest absolute Gasteiger partial charge is 0.495 e. The lowest BCUT2D eigenvalue weighted by atomic mass is 9.90. The average molecular weight is 258 g/mol. The molecule has 1 aliphatic rings. The number of hydrogen-bond donors (Lipinski definition) is 1. The summed E-state index contributed by atoms with van der Waals surface area (Å²) in [6.45, 7) is 2.11. The van der Waals surface area contributed by atoms with E-state index < -0.39 is 0 Å². The third kappa shape index (κ3) is 2.54. The van der Waals surface area contributed by atoms with Crippen LogP contribution in [0, 0.1) is 0 Å². The van der Waals surface area contributed by atoms with Crippen molar-refractivity contribution in [3.8, 4) is 5.75 Å². The monoisotopic (exact) mass is 258 g/mol. The van der Waals surface area contributed by atoms with Gasteiger partial charge in [-0.2, -0.15) is 5.10 Å². The lowest BCUT2D eigenvalue weighted by Crippen LogP contribution is -2.32. The molecule has 0 bridgehead atoms. The molecule has 3 heterocycles. The van der Waals surface area contributed by atoms with E-state index in [2.05, 4.69) is 26.1 Å². The number of aromatic nitrogens is 3. The molecule has 19 heavy (non-hydrogen) atoms. The van der Waals surface area contributed by atoms with Crippen molar-refractivity contribution in [2.45, 2.75) is 18.8 Å². The van der Waals surface area contributed by atoms with E-state index in [0.717, 1.165) is 31.7 Å². The molecule has 0 unspecified atom stereocenters. The maximum Gasteiger partial charge on any atom is 0.137 e. The number of nitrogens with zero attached hydrogens (tertiary/aromatic N) is 3. The first-order valence-electron chi connectivity index (χ1n) is 6.59. The van der Waals surface area contributed by atoms with Crippen LogP contribution >= 0.6 is 0 Å². The molecule has 0 aromatic carbocycles. The van der Waals surface area contributed by atoms with Crippen LogP contribution in [-0.2, 0) is 0 Å². The van der Waals surface area contributed by atoms with Gasteiger partial charge in [-0.05, 0) is 30.4 Å². The fourth-order valence-corrected chi connectivity index (χ4v) is 2.66. The molecule has 0 saturated carbocycles. The number of pyridine rings is 1. The molecule has 5 heteroatoms. The molecule has 3 rings (SSSR count). The van der Waals surface area contributed by atoms with E-state index in [4.69, 9.17) is 4.74 Å². The number of anilines is 1. The highest BCUT2D eigenvalue weighted by Gasteiger charge is 2.21. The zero-order valence-corrected chi connectivity index (χ0v) is 11.0. The predicted octanol–water partition coefficient (Wildman–Crippen LogP) is 2.20.